The van der Waals surface area contributed by atoms with Crippen LogP contribution < -0.4 is 4.74 Å². The van der Waals surface area contributed by atoms with Crippen molar-refractivity contribution in [1.29, 1.82) is 0 Å². The second kappa shape index (κ2) is 5.87. The number of rotatable bonds is 4. The van der Waals surface area contributed by atoms with E-state index >= 15 is 0 Å². The van der Waals surface area contributed by atoms with E-state index in [0.29, 0.717) is 19.6 Å². The van der Waals surface area contributed by atoms with Gasteiger partial charge in [-0.1, -0.05) is 18.2 Å². The molecule has 1 aromatic rings. The fourth-order valence-corrected chi connectivity index (χ4v) is 2.41. The third-order valence-electron chi connectivity index (χ3n) is 3.39. The molecule has 0 bridgehead atoms. The van der Waals surface area contributed by atoms with Crippen molar-refractivity contribution in [2.45, 2.75) is 12.3 Å². The van der Waals surface area contributed by atoms with Crippen LogP contribution in [0.1, 0.15) is 17.9 Å². The summed E-state index contributed by atoms with van der Waals surface area (Å²) in [5, 5.41) is 0. The van der Waals surface area contributed by atoms with E-state index in [1.54, 1.807) is 7.11 Å². The summed E-state index contributed by atoms with van der Waals surface area (Å²) in [6, 6.07) is 7.88. The Kier molecular flexibility index (Phi) is 4.20. The van der Waals surface area contributed by atoms with E-state index < -0.39 is 0 Å². The minimum Gasteiger partial charge on any atom is -0.496 e. The van der Waals surface area contributed by atoms with Crippen molar-refractivity contribution in [3.63, 3.8) is 0 Å². The smallest absolute Gasteiger partial charge is 0.305 e. The quantitative estimate of drug-likeness (QED) is 0.767. The van der Waals surface area contributed by atoms with Crippen molar-refractivity contribution in [1.82, 2.24) is 0 Å². The molecule has 1 aromatic carbocycles. The molecule has 2 atom stereocenters. The van der Waals surface area contributed by atoms with Gasteiger partial charge in [-0.05, 0) is 11.6 Å². The number of hydrogen-bond acceptors (Lipinski definition) is 4. The molecule has 1 fully saturated rings. The monoisotopic (exact) mass is 250 g/mol. The third-order valence-corrected chi connectivity index (χ3v) is 3.39. The molecule has 2 rings (SSSR count). The van der Waals surface area contributed by atoms with Gasteiger partial charge >= 0.3 is 5.97 Å². The highest BCUT2D eigenvalue weighted by atomic mass is 16.5. The molecule has 98 valence electrons. The number of benzene rings is 1. The molecule has 0 amide bonds. The Bertz CT molecular complexity index is 416. The summed E-state index contributed by atoms with van der Waals surface area (Å²) in [6.45, 7) is 1.22. The maximum absolute atomic E-state index is 11.4. The second-order valence-electron chi connectivity index (χ2n) is 4.43. The summed E-state index contributed by atoms with van der Waals surface area (Å²) in [5.74, 6) is 1.02. The van der Waals surface area contributed by atoms with Crippen LogP contribution in [-0.2, 0) is 14.3 Å². The van der Waals surface area contributed by atoms with E-state index in [2.05, 4.69) is 0 Å². The van der Waals surface area contributed by atoms with E-state index in [-0.39, 0.29) is 17.8 Å². The number of carbonyl (C=O) groups excluding carboxylic acids is 1. The minimum absolute atomic E-state index is 0.161. The van der Waals surface area contributed by atoms with E-state index in [1.165, 1.54) is 7.11 Å². The lowest BCUT2D eigenvalue weighted by Crippen LogP contribution is -2.16. The lowest BCUT2D eigenvalue weighted by Gasteiger charge is -2.19. The zero-order valence-electron chi connectivity index (χ0n) is 10.7. The summed E-state index contributed by atoms with van der Waals surface area (Å²) < 4.78 is 15.6. The number of esters is 1. The molecule has 1 heterocycles. The fraction of sp³-hybridized carbons (Fsp3) is 0.500. The van der Waals surface area contributed by atoms with Crippen molar-refractivity contribution >= 4 is 5.97 Å². The normalized spacial score (nSPS) is 22.8. The molecule has 0 unspecified atom stereocenters. The number of ether oxygens (including phenoxy) is 3. The molecule has 1 aliphatic rings. The maximum atomic E-state index is 11.4. The van der Waals surface area contributed by atoms with Crippen molar-refractivity contribution < 1.29 is 19.0 Å². The zero-order valence-corrected chi connectivity index (χ0v) is 10.7. The highest BCUT2D eigenvalue weighted by Gasteiger charge is 2.33. The number of carbonyl (C=O) groups is 1. The molecule has 1 aliphatic heterocycles. The molecular weight excluding hydrogens is 232 g/mol. The lowest BCUT2D eigenvalue weighted by molar-refractivity contribution is -0.141. The predicted octanol–water partition coefficient (Wildman–Crippen LogP) is 1.99. The van der Waals surface area contributed by atoms with Gasteiger partial charge in [0.1, 0.15) is 5.75 Å². The van der Waals surface area contributed by atoms with Gasteiger partial charge in [-0.3, -0.25) is 4.79 Å². The first-order valence-corrected chi connectivity index (χ1v) is 6.03. The van der Waals surface area contributed by atoms with Crippen LogP contribution in [0, 0.1) is 5.92 Å². The van der Waals surface area contributed by atoms with Crippen molar-refractivity contribution in [2.75, 3.05) is 27.4 Å². The van der Waals surface area contributed by atoms with Crippen molar-refractivity contribution in [3.8, 4) is 5.75 Å². The zero-order chi connectivity index (χ0) is 13.0. The Labute approximate surface area is 107 Å². The third kappa shape index (κ3) is 2.64. The van der Waals surface area contributed by atoms with Gasteiger partial charge in [0.15, 0.2) is 0 Å². The van der Waals surface area contributed by atoms with Crippen LogP contribution in [-0.4, -0.2) is 33.4 Å². The van der Waals surface area contributed by atoms with E-state index in [1.807, 2.05) is 24.3 Å². The Morgan fingerprint density at radius 3 is 2.83 bits per heavy atom. The van der Waals surface area contributed by atoms with Crippen LogP contribution in [0.3, 0.4) is 0 Å². The van der Waals surface area contributed by atoms with Crippen LogP contribution in [0.2, 0.25) is 0 Å². The number of hydrogen-bond donors (Lipinski definition) is 0. The average Bonchev–Trinajstić information content (AvgIpc) is 2.86. The van der Waals surface area contributed by atoms with Gasteiger partial charge in [-0.2, -0.15) is 0 Å². The Balaban J connectivity index is 2.18. The molecular formula is C14H18O4. The van der Waals surface area contributed by atoms with Crippen LogP contribution in [0.25, 0.3) is 0 Å². The molecule has 4 nitrogen and oxygen atoms in total. The molecule has 4 heteroatoms. The molecule has 0 N–H and O–H groups in total. The highest BCUT2D eigenvalue weighted by Crippen LogP contribution is 2.37. The fourth-order valence-electron chi connectivity index (χ4n) is 2.41. The van der Waals surface area contributed by atoms with Gasteiger partial charge in [-0.25, -0.2) is 0 Å². The highest BCUT2D eigenvalue weighted by molar-refractivity contribution is 5.69. The summed E-state index contributed by atoms with van der Waals surface area (Å²) in [6.07, 6.45) is 0.388. The van der Waals surface area contributed by atoms with Crippen molar-refractivity contribution in [2.24, 2.45) is 5.92 Å². The van der Waals surface area contributed by atoms with Gasteiger partial charge in [0.2, 0.25) is 0 Å². The maximum Gasteiger partial charge on any atom is 0.305 e. The number of methoxy groups -OCH3 is 2. The topological polar surface area (TPSA) is 44.8 Å². The molecule has 18 heavy (non-hydrogen) atoms. The average molecular weight is 250 g/mol. The van der Waals surface area contributed by atoms with Gasteiger partial charge in [0.25, 0.3) is 0 Å². The van der Waals surface area contributed by atoms with Gasteiger partial charge in [0.05, 0.1) is 33.9 Å². The predicted molar refractivity (Wildman–Crippen MR) is 66.7 cm³/mol. The second-order valence-corrected chi connectivity index (χ2v) is 4.43. The van der Waals surface area contributed by atoms with Gasteiger partial charge < -0.3 is 14.2 Å². The molecule has 1 saturated heterocycles. The Morgan fingerprint density at radius 2 is 2.11 bits per heavy atom. The van der Waals surface area contributed by atoms with Crippen LogP contribution in [0.4, 0.5) is 0 Å². The van der Waals surface area contributed by atoms with Crippen LogP contribution in [0.15, 0.2) is 24.3 Å². The minimum atomic E-state index is -0.189. The first-order valence-electron chi connectivity index (χ1n) is 6.03. The summed E-state index contributed by atoms with van der Waals surface area (Å²) in [5.41, 5.74) is 1.10. The van der Waals surface area contributed by atoms with Gasteiger partial charge in [-0.15, -0.1) is 0 Å². The van der Waals surface area contributed by atoms with Crippen molar-refractivity contribution in [3.05, 3.63) is 29.8 Å². The van der Waals surface area contributed by atoms with E-state index in [0.717, 1.165) is 11.3 Å². The van der Waals surface area contributed by atoms with E-state index in [9.17, 15) is 4.79 Å². The molecule has 0 aliphatic carbocycles. The first kappa shape index (κ1) is 12.9. The number of para-hydroxylation sites is 1. The molecule has 0 spiro atoms. The first-order chi connectivity index (χ1) is 8.76. The largest absolute Gasteiger partial charge is 0.496 e. The molecule has 0 saturated carbocycles. The summed E-state index contributed by atoms with van der Waals surface area (Å²) in [7, 11) is 3.07. The SMILES string of the molecule is COC(=O)C[C@H]1COC[C@H]1c1ccccc1OC. The molecule has 0 radical (unpaired) electrons. The lowest BCUT2D eigenvalue weighted by atomic mass is 9.86. The molecule has 0 aromatic heterocycles. The van der Waals surface area contributed by atoms with Gasteiger partial charge in [0, 0.05) is 11.8 Å². The van der Waals surface area contributed by atoms with E-state index in [4.69, 9.17) is 14.2 Å². The standard InChI is InChI=1S/C14H18O4/c1-16-13-6-4-3-5-11(13)12-9-18-8-10(12)7-14(15)17-2/h3-6,10,12H,7-9H2,1-2H3/t10-,12+/m0/s1. The summed E-state index contributed by atoms with van der Waals surface area (Å²) in [4.78, 5) is 11.4. The summed E-state index contributed by atoms with van der Waals surface area (Å²) >= 11 is 0. The Morgan fingerprint density at radius 1 is 1.33 bits per heavy atom. The Hall–Kier alpha value is -1.55. The van der Waals surface area contributed by atoms with Crippen LogP contribution >= 0.6 is 0 Å². The van der Waals surface area contributed by atoms with Crippen LogP contribution in [0.5, 0.6) is 5.75 Å².